The van der Waals surface area contributed by atoms with Crippen molar-refractivity contribution in [3.8, 4) is 0 Å². The van der Waals surface area contributed by atoms with Crippen LogP contribution >= 0.6 is 0 Å². The number of hydrogen-bond acceptors (Lipinski definition) is 7. The molecule has 0 aromatic rings. The van der Waals surface area contributed by atoms with E-state index in [1.54, 1.807) is 41.5 Å². The molecule has 1 aliphatic heterocycles. The summed E-state index contributed by atoms with van der Waals surface area (Å²) in [5.41, 5.74) is -5.70. The molecular formula is C24H40O8S. The van der Waals surface area contributed by atoms with Crippen LogP contribution in [-0.2, 0) is 33.7 Å². The van der Waals surface area contributed by atoms with Gasteiger partial charge in [0.05, 0.1) is 21.5 Å². The summed E-state index contributed by atoms with van der Waals surface area (Å²) in [6.45, 7) is 13.3. The Morgan fingerprint density at radius 1 is 0.909 bits per heavy atom. The van der Waals surface area contributed by atoms with Crippen molar-refractivity contribution in [2.75, 3.05) is 0 Å². The van der Waals surface area contributed by atoms with Crippen LogP contribution in [0.5, 0.6) is 0 Å². The van der Waals surface area contributed by atoms with E-state index in [0.717, 1.165) is 0 Å². The fourth-order valence-electron chi connectivity index (χ4n) is 5.25. The van der Waals surface area contributed by atoms with Gasteiger partial charge in [-0.1, -0.05) is 6.92 Å². The van der Waals surface area contributed by atoms with E-state index in [1.807, 2.05) is 0 Å². The van der Waals surface area contributed by atoms with E-state index < -0.39 is 60.3 Å². The fourth-order valence-corrected chi connectivity index (χ4v) is 7.61. The van der Waals surface area contributed by atoms with Gasteiger partial charge in [-0.2, -0.15) is 0 Å². The minimum absolute atomic E-state index is 0.0260. The van der Waals surface area contributed by atoms with Crippen molar-refractivity contribution in [3.05, 3.63) is 0 Å². The Balaban J connectivity index is 2.35. The highest BCUT2D eigenvalue weighted by Crippen LogP contribution is 2.49. The largest absolute Gasteiger partial charge is 0.481 e. The van der Waals surface area contributed by atoms with Gasteiger partial charge in [-0.3, -0.25) is 14.4 Å². The molecule has 33 heavy (non-hydrogen) atoms. The minimum Gasteiger partial charge on any atom is -0.481 e. The van der Waals surface area contributed by atoms with E-state index in [1.165, 1.54) is 13.8 Å². The lowest BCUT2D eigenvalue weighted by Crippen LogP contribution is -2.46. The summed E-state index contributed by atoms with van der Waals surface area (Å²) in [4.78, 5) is 38.5. The molecule has 9 heteroatoms. The Labute approximate surface area is 197 Å². The predicted molar refractivity (Wildman–Crippen MR) is 123 cm³/mol. The molecule has 2 bridgehead atoms. The van der Waals surface area contributed by atoms with Crippen LogP contribution in [-0.4, -0.2) is 47.7 Å². The smallest absolute Gasteiger partial charge is 0.313 e. The molecule has 1 N–H and O–H groups in total. The summed E-state index contributed by atoms with van der Waals surface area (Å²) in [6.07, 6.45) is 2.05. The first kappa shape index (κ1) is 27.6. The van der Waals surface area contributed by atoms with Crippen molar-refractivity contribution in [2.45, 2.75) is 110 Å². The number of rotatable bonds is 9. The van der Waals surface area contributed by atoms with Gasteiger partial charge in [-0.15, -0.1) is 0 Å². The number of esters is 2. The molecule has 0 aromatic carbocycles. The molecule has 2 fully saturated rings. The Morgan fingerprint density at radius 3 is 1.91 bits per heavy atom. The fraction of sp³-hybridized carbons (Fsp3) is 0.875. The molecule has 0 spiro atoms. The summed E-state index contributed by atoms with van der Waals surface area (Å²) >= 11 is 0. The van der Waals surface area contributed by atoms with Crippen LogP contribution in [0.4, 0.5) is 0 Å². The second-order valence-corrected chi connectivity index (χ2v) is 14.4. The first-order valence-corrected chi connectivity index (χ1v) is 13.3. The third-order valence-corrected chi connectivity index (χ3v) is 9.66. The Morgan fingerprint density at radius 2 is 1.48 bits per heavy atom. The second-order valence-electron chi connectivity index (χ2n) is 12.1. The van der Waals surface area contributed by atoms with Gasteiger partial charge in [0, 0.05) is 5.92 Å². The van der Waals surface area contributed by atoms with Crippen LogP contribution in [0.15, 0.2) is 0 Å². The lowest BCUT2D eigenvalue weighted by Gasteiger charge is -2.41. The summed E-state index contributed by atoms with van der Waals surface area (Å²) in [6, 6.07) is 0. The Hall–Kier alpha value is -1.64. The van der Waals surface area contributed by atoms with Crippen LogP contribution in [0.2, 0.25) is 0 Å². The molecule has 0 aromatic heterocycles. The molecule has 1 heterocycles. The molecule has 5 unspecified atom stereocenters. The first-order valence-electron chi connectivity index (χ1n) is 11.7. The lowest BCUT2D eigenvalue weighted by atomic mass is 9.65. The molecule has 2 rings (SSSR count). The highest BCUT2D eigenvalue weighted by molar-refractivity contribution is 7.92. The van der Waals surface area contributed by atoms with Gasteiger partial charge in [0.1, 0.15) is 5.60 Å². The minimum atomic E-state index is -3.53. The molecule has 190 valence electrons. The van der Waals surface area contributed by atoms with Gasteiger partial charge in [0.2, 0.25) is 5.44 Å². The van der Waals surface area contributed by atoms with Crippen molar-refractivity contribution < 1.29 is 37.4 Å². The number of carbonyl (C=O) groups is 3. The molecule has 8 nitrogen and oxygen atoms in total. The molecule has 0 radical (unpaired) electrons. The zero-order chi connectivity index (χ0) is 25.6. The third-order valence-electron chi connectivity index (χ3n) is 7.18. The van der Waals surface area contributed by atoms with E-state index in [9.17, 15) is 27.9 Å². The van der Waals surface area contributed by atoms with Gasteiger partial charge in [0.25, 0.3) is 0 Å². The van der Waals surface area contributed by atoms with Gasteiger partial charge >= 0.3 is 17.9 Å². The van der Waals surface area contributed by atoms with Crippen LogP contribution < -0.4 is 0 Å². The number of hydrogen-bond donors (Lipinski definition) is 1. The molecular weight excluding hydrogens is 448 g/mol. The number of sulfone groups is 1. The third kappa shape index (κ3) is 5.72. The molecule has 1 saturated heterocycles. The zero-order valence-corrected chi connectivity index (χ0v) is 22.0. The first-order chi connectivity index (χ1) is 14.8. The SMILES string of the molecule is CCC(C)(CC(C)(CC(C)(C)C(=O)O)C(=O)OC(C)(C)C)C(=O)OC1C2CCC(C2)S1(=O)=O. The maximum Gasteiger partial charge on any atom is 0.313 e. The van der Waals surface area contributed by atoms with Crippen molar-refractivity contribution >= 4 is 27.7 Å². The number of carboxylic acids is 1. The molecule has 1 saturated carbocycles. The van der Waals surface area contributed by atoms with E-state index in [-0.39, 0.29) is 18.8 Å². The number of carboxylic acid groups (broad SMARTS) is 1. The summed E-state index contributed by atoms with van der Waals surface area (Å²) in [5.74, 6) is -2.52. The normalized spacial score (nSPS) is 27.9. The van der Waals surface area contributed by atoms with Crippen molar-refractivity contribution in [2.24, 2.45) is 22.2 Å². The average molecular weight is 489 g/mol. The van der Waals surface area contributed by atoms with Gasteiger partial charge in [-0.05, 0) is 87.0 Å². The van der Waals surface area contributed by atoms with Gasteiger partial charge in [0.15, 0.2) is 9.84 Å². The predicted octanol–water partition coefficient (Wildman–Crippen LogP) is 4.11. The van der Waals surface area contributed by atoms with Crippen LogP contribution in [0.1, 0.15) is 93.9 Å². The zero-order valence-electron chi connectivity index (χ0n) is 21.2. The second kappa shape index (κ2) is 8.86. The highest BCUT2D eigenvalue weighted by atomic mass is 32.2. The van der Waals surface area contributed by atoms with Gasteiger partial charge < -0.3 is 14.6 Å². The Bertz CT molecular complexity index is 900. The van der Waals surface area contributed by atoms with Crippen LogP contribution in [0.3, 0.4) is 0 Å². The van der Waals surface area contributed by atoms with E-state index in [2.05, 4.69) is 0 Å². The van der Waals surface area contributed by atoms with Crippen LogP contribution in [0, 0.1) is 22.2 Å². The van der Waals surface area contributed by atoms with Crippen molar-refractivity contribution in [1.82, 2.24) is 0 Å². The number of carbonyl (C=O) groups excluding carboxylic acids is 2. The lowest BCUT2D eigenvalue weighted by molar-refractivity contribution is -0.176. The van der Waals surface area contributed by atoms with Gasteiger partial charge in [-0.25, -0.2) is 8.42 Å². The number of fused-ring (bicyclic) bond motifs is 2. The molecule has 2 aliphatic rings. The van der Waals surface area contributed by atoms with Crippen LogP contribution in [0.25, 0.3) is 0 Å². The highest BCUT2D eigenvalue weighted by Gasteiger charge is 2.56. The van der Waals surface area contributed by atoms with E-state index >= 15 is 0 Å². The quantitative estimate of drug-likeness (QED) is 0.481. The molecule has 5 atom stereocenters. The maximum absolute atomic E-state index is 13.3. The monoisotopic (exact) mass is 488 g/mol. The summed E-state index contributed by atoms with van der Waals surface area (Å²) < 4.78 is 36.7. The van der Waals surface area contributed by atoms with Crippen molar-refractivity contribution in [3.63, 3.8) is 0 Å². The standard InChI is InChI=1S/C24H40O8S/c1-9-23(7,19(27)31-17-15-10-11-16(12-15)33(17,29)30)14-24(8,13-22(5,6)18(25)26)20(28)32-21(2,3)4/h15-17H,9-14H2,1-8H3,(H,25,26). The summed E-state index contributed by atoms with van der Waals surface area (Å²) in [7, 11) is -3.53. The number of ether oxygens (including phenoxy) is 2. The van der Waals surface area contributed by atoms with E-state index in [4.69, 9.17) is 9.47 Å². The summed E-state index contributed by atoms with van der Waals surface area (Å²) in [5, 5.41) is 9.23. The molecule has 1 aliphatic carbocycles. The maximum atomic E-state index is 13.3. The number of aliphatic carboxylic acids is 1. The molecule has 0 amide bonds. The Kier molecular flexibility index (Phi) is 7.41. The topological polar surface area (TPSA) is 124 Å². The average Bonchev–Trinajstić information content (AvgIpc) is 3.21. The van der Waals surface area contributed by atoms with E-state index in [0.29, 0.717) is 25.7 Å². The van der Waals surface area contributed by atoms with Crippen molar-refractivity contribution in [1.29, 1.82) is 0 Å².